The Morgan fingerprint density at radius 3 is 2.21 bits per heavy atom. The zero-order chi connectivity index (χ0) is 21.8. The van der Waals surface area contributed by atoms with E-state index in [1.54, 1.807) is 0 Å². The number of aromatic nitrogens is 3. The lowest BCUT2D eigenvalue weighted by atomic mass is 9.87. The van der Waals surface area contributed by atoms with Gasteiger partial charge < -0.3 is 4.90 Å². The molecule has 0 saturated heterocycles. The number of hydrogen-bond acceptors (Lipinski definition) is 4. The van der Waals surface area contributed by atoms with Gasteiger partial charge in [-0.1, -0.05) is 62.9 Å². The Morgan fingerprint density at radius 2 is 1.72 bits per heavy atom. The maximum Gasteiger partial charge on any atom is 0.233 e. The van der Waals surface area contributed by atoms with Crippen LogP contribution in [0.3, 0.4) is 0 Å². The Bertz CT molecular complexity index is 824. The van der Waals surface area contributed by atoms with Gasteiger partial charge in [0.2, 0.25) is 5.91 Å². The van der Waals surface area contributed by atoms with E-state index >= 15 is 0 Å². The Labute approximate surface area is 179 Å². The molecular weight excluding hydrogens is 380 g/mol. The van der Waals surface area contributed by atoms with Crippen molar-refractivity contribution in [1.82, 2.24) is 19.7 Å². The summed E-state index contributed by atoms with van der Waals surface area (Å²) < 4.78 is 2.02. The molecule has 6 heteroatoms. The molecule has 2 aromatic rings. The van der Waals surface area contributed by atoms with Crippen molar-refractivity contribution in [2.24, 2.45) is 0 Å². The molecule has 0 aliphatic carbocycles. The molecule has 29 heavy (non-hydrogen) atoms. The molecule has 0 unspecified atom stereocenters. The summed E-state index contributed by atoms with van der Waals surface area (Å²) in [7, 11) is 0. The third kappa shape index (κ3) is 5.72. The molecule has 0 atom stereocenters. The molecule has 158 valence electrons. The highest BCUT2D eigenvalue weighted by Gasteiger charge is 2.22. The first kappa shape index (κ1) is 23.2. The zero-order valence-corrected chi connectivity index (χ0v) is 19.6. The summed E-state index contributed by atoms with van der Waals surface area (Å²) in [5, 5.41) is 9.51. The van der Waals surface area contributed by atoms with Crippen molar-refractivity contribution in [1.29, 1.82) is 0 Å². The fraction of sp³-hybridized carbons (Fsp3) is 0.522. The Balaban J connectivity index is 2.24. The fourth-order valence-corrected chi connectivity index (χ4v) is 4.21. The molecular formula is C23H34N4OS. The van der Waals surface area contributed by atoms with Crippen LogP contribution in [-0.2, 0) is 16.8 Å². The van der Waals surface area contributed by atoms with E-state index in [0.29, 0.717) is 12.3 Å². The summed E-state index contributed by atoms with van der Waals surface area (Å²) in [6.45, 7) is 19.2. The lowest BCUT2D eigenvalue weighted by Gasteiger charge is -2.30. The van der Waals surface area contributed by atoms with Crippen LogP contribution >= 0.6 is 11.8 Å². The van der Waals surface area contributed by atoms with Gasteiger partial charge >= 0.3 is 0 Å². The molecule has 0 radical (unpaired) electrons. The molecule has 0 spiro atoms. The van der Waals surface area contributed by atoms with Crippen LogP contribution in [0, 0.1) is 0 Å². The standard InChI is InChI=1S/C23H34N4OS/c1-9-14-26-21(18-10-12-19(13-11-18)23(6,7)8)24-25-22(26)29-15-20(28)27(16(2)3)17(4)5/h9-13,16-17H,1,14-15H2,2-8H3. The SMILES string of the molecule is C=CCn1c(SCC(=O)N(C(C)C)C(C)C)nnc1-c1ccc(C(C)(C)C)cc1. The van der Waals surface area contributed by atoms with Crippen LogP contribution in [0.2, 0.25) is 0 Å². The smallest absolute Gasteiger partial charge is 0.233 e. The van der Waals surface area contributed by atoms with E-state index in [0.717, 1.165) is 16.5 Å². The van der Waals surface area contributed by atoms with E-state index in [4.69, 9.17) is 0 Å². The first-order chi connectivity index (χ1) is 13.6. The second kappa shape index (κ2) is 9.61. The number of hydrogen-bond donors (Lipinski definition) is 0. The molecule has 0 fully saturated rings. The van der Waals surface area contributed by atoms with Crippen LogP contribution in [0.25, 0.3) is 11.4 Å². The Morgan fingerprint density at radius 1 is 1.14 bits per heavy atom. The molecule has 0 aliphatic heterocycles. The number of allylic oxidation sites excluding steroid dienone is 1. The van der Waals surface area contributed by atoms with Gasteiger partial charge in [0.05, 0.1) is 5.75 Å². The molecule has 1 aromatic carbocycles. The normalized spacial score (nSPS) is 11.9. The number of benzene rings is 1. The van der Waals surface area contributed by atoms with Gasteiger partial charge in [-0.2, -0.15) is 0 Å². The van der Waals surface area contributed by atoms with Crippen molar-refractivity contribution < 1.29 is 4.79 Å². The molecule has 2 rings (SSSR count). The maximum atomic E-state index is 12.7. The minimum atomic E-state index is 0.105. The van der Waals surface area contributed by atoms with E-state index in [1.807, 2.05) is 43.2 Å². The highest BCUT2D eigenvalue weighted by atomic mass is 32.2. The molecule has 1 heterocycles. The van der Waals surface area contributed by atoms with Gasteiger partial charge in [-0.25, -0.2) is 0 Å². The summed E-state index contributed by atoms with van der Waals surface area (Å²) in [6.07, 6.45) is 1.83. The second-order valence-corrected chi connectivity index (χ2v) is 9.75. The summed E-state index contributed by atoms with van der Waals surface area (Å²) in [5.41, 5.74) is 2.39. The number of carbonyl (C=O) groups excluding carboxylic acids is 1. The Kier molecular flexibility index (Phi) is 7.69. The molecule has 0 saturated carbocycles. The van der Waals surface area contributed by atoms with Crippen LogP contribution < -0.4 is 0 Å². The van der Waals surface area contributed by atoms with E-state index in [1.165, 1.54) is 17.3 Å². The van der Waals surface area contributed by atoms with Crippen LogP contribution in [-0.4, -0.2) is 43.4 Å². The van der Waals surface area contributed by atoms with Crippen molar-refractivity contribution in [3.8, 4) is 11.4 Å². The minimum Gasteiger partial charge on any atom is -0.337 e. The maximum absolute atomic E-state index is 12.7. The number of rotatable bonds is 8. The van der Waals surface area contributed by atoms with Crippen molar-refractivity contribution in [3.63, 3.8) is 0 Å². The first-order valence-corrected chi connectivity index (χ1v) is 11.1. The second-order valence-electron chi connectivity index (χ2n) is 8.81. The average molecular weight is 415 g/mol. The average Bonchev–Trinajstić information content (AvgIpc) is 3.02. The van der Waals surface area contributed by atoms with Gasteiger partial charge in [0, 0.05) is 24.2 Å². The van der Waals surface area contributed by atoms with E-state index in [-0.39, 0.29) is 23.4 Å². The van der Waals surface area contributed by atoms with Crippen molar-refractivity contribution in [2.45, 2.75) is 77.7 Å². The predicted molar refractivity (Wildman–Crippen MR) is 122 cm³/mol. The monoisotopic (exact) mass is 414 g/mol. The van der Waals surface area contributed by atoms with Crippen molar-refractivity contribution in [2.75, 3.05) is 5.75 Å². The highest BCUT2D eigenvalue weighted by Crippen LogP contribution is 2.28. The number of thioether (sulfide) groups is 1. The lowest BCUT2D eigenvalue weighted by molar-refractivity contribution is -0.131. The largest absolute Gasteiger partial charge is 0.337 e. The van der Waals surface area contributed by atoms with Gasteiger partial charge in [-0.05, 0) is 38.7 Å². The lowest BCUT2D eigenvalue weighted by Crippen LogP contribution is -2.43. The molecule has 0 bridgehead atoms. The highest BCUT2D eigenvalue weighted by molar-refractivity contribution is 7.99. The predicted octanol–water partition coefficient (Wildman–Crippen LogP) is 5.17. The molecule has 1 amide bonds. The quantitative estimate of drug-likeness (QED) is 0.442. The third-order valence-electron chi connectivity index (χ3n) is 4.76. The number of carbonyl (C=O) groups is 1. The van der Waals surface area contributed by atoms with Gasteiger partial charge in [-0.3, -0.25) is 9.36 Å². The van der Waals surface area contributed by atoms with Crippen molar-refractivity contribution >= 4 is 17.7 Å². The van der Waals surface area contributed by atoms with Crippen LogP contribution in [0.5, 0.6) is 0 Å². The summed E-state index contributed by atoms with van der Waals surface area (Å²) in [6, 6.07) is 8.80. The zero-order valence-electron chi connectivity index (χ0n) is 18.8. The summed E-state index contributed by atoms with van der Waals surface area (Å²) in [5.74, 6) is 1.25. The van der Waals surface area contributed by atoms with Crippen LogP contribution in [0.15, 0.2) is 42.1 Å². The van der Waals surface area contributed by atoms with Crippen LogP contribution in [0.4, 0.5) is 0 Å². The molecule has 0 N–H and O–H groups in total. The molecule has 1 aromatic heterocycles. The molecule has 5 nitrogen and oxygen atoms in total. The van der Waals surface area contributed by atoms with Gasteiger partial charge in [-0.15, -0.1) is 16.8 Å². The fourth-order valence-electron chi connectivity index (χ4n) is 3.40. The minimum absolute atomic E-state index is 0.105. The summed E-state index contributed by atoms with van der Waals surface area (Å²) in [4.78, 5) is 14.6. The Hall–Kier alpha value is -2.08. The van der Waals surface area contributed by atoms with Crippen LogP contribution in [0.1, 0.15) is 54.0 Å². The molecule has 0 aliphatic rings. The topological polar surface area (TPSA) is 51.0 Å². The van der Waals surface area contributed by atoms with Gasteiger partial charge in [0.25, 0.3) is 0 Å². The van der Waals surface area contributed by atoms with Gasteiger partial charge in [0.15, 0.2) is 11.0 Å². The summed E-state index contributed by atoms with van der Waals surface area (Å²) >= 11 is 1.43. The van der Waals surface area contributed by atoms with Gasteiger partial charge in [0.1, 0.15) is 0 Å². The van der Waals surface area contributed by atoms with Crippen molar-refractivity contribution in [3.05, 3.63) is 42.5 Å². The van der Waals surface area contributed by atoms with E-state index < -0.39 is 0 Å². The number of amides is 1. The van der Waals surface area contributed by atoms with E-state index in [9.17, 15) is 4.79 Å². The first-order valence-electron chi connectivity index (χ1n) is 10.1. The van der Waals surface area contributed by atoms with E-state index in [2.05, 4.69) is 61.8 Å². The third-order valence-corrected chi connectivity index (χ3v) is 5.71. The number of nitrogens with zero attached hydrogens (tertiary/aromatic N) is 4.